The van der Waals surface area contributed by atoms with E-state index in [2.05, 4.69) is 20.4 Å². The SMILES string of the molecule is COC(=O)Cc1csc(NC(=O)CCNC(=O)Cc2ccccc2)n1. The highest BCUT2D eigenvalue weighted by Crippen LogP contribution is 2.16. The number of methoxy groups -OCH3 is 1. The number of aromatic nitrogens is 1. The zero-order valence-corrected chi connectivity index (χ0v) is 14.6. The van der Waals surface area contributed by atoms with Crippen molar-refractivity contribution in [1.29, 1.82) is 0 Å². The van der Waals surface area contributed by atoms with E-state index in [0.29, 0.717) is 10.8 Å². The van der Waals surface area contributed by atoms with Gasteiger partial charge in [0.1, 0.15) is 0 Å². The highest BCUT2D eigenvalue weighted by molar-refractivity contribution is 7.13. The second-order valence-electron chi connectivity index (χ2n) is 5.21. The maximum Gasteiger partial charge on any atom is 0.311 e. The van der Waals surface area contributed by atoms with Crippen LogP contribution in [0.4, 0.5) is 5.13 Å². The molecule has 1 aromatic heterocycles. The first-order valence-corrected chi connectivity index (χ1v) is 8.56. The summed E-state index contributed by atoms with van der Waals surface area (Å²) in [5, 5.41) is 7.46. The number of nitrogens with one attached hydrogen (secondary N) is 2. The minimum absolute atomic E-state index is 0.0679. The zero-order chi connectivity index (χ0) is 18.1. The van der Waals surface area contributed by atoms with Crippen molar-refractivity contribution in [3.05, 3.63) is 47.0 Å². The molecule has 0 aliphatic carbocycles. The van der Waals surface area contributed by atoms with Crippen LogP contribution in [0.15, 0.2) is 35.7 Å². The first kappa shape index (κ1) is 18.6. The molecule has 0 bridgehead atoms. The molecule has 2 aromatic rings. The van der Waals surface area contributed by atoms with E-state index in [4.69, 9.17) is 0 Å². The van der Waals surface area contributed by atoms with Crippen LogP contribution < -0.4 is 10.6 Å². The van der Waals surface area contributed by atoms with Crippen LogP contribution in [0.1, 0.15) is 17.7 Å². The Morgan fingerprint density at radius 1 is 1.12 bits per heavy atom. The second kappa shape index (κ2) is 9.53. The second-order valence-corrected chi connectivity index (χ2v) is 6.07. The van der Waals surface area contributed by atoms with Gasteiger partial charge in [0.05, 0.1) is 25.6 Å². The number of nitrogens with zero attached hydrogens (tertiary/aromatic N) is 1. The highest BCUT2D eigenvalue weighted by Gasteiger charge is 2.10. The quantitative estimate of drug-likeness (QED) is 0.695. The number of hydrogen-bond acceptors (Lipinski definition) is 6. The molecule has 0 spiro atoms. The van der Waals surface area contributed by atoms with E-state index in [1.807, 2.05) is 30.3 Å². The third kappa shape index (κ3) is 6.72. The Morgan fingerprint density at radius 2 is 1.88 bits per heavy atom. The van der Waals surface area contributed by atoms with Gasteiger partial charge in [-0.05, 0) is 5.56 Å². The van der Waals surface area contributed by atoms with Crippen molar-refractivity contribution >= 4 is 34.3 Å². The molecule has 2 amide bonds. The molecule has 0 aliphatic rings. The summed E-state index contributed by atoms with van der Waals surface area (Å²) in [7, 11) is 1.31. The van der Waals surface area contributed by atoms with Crippen LogP contribution in [-0.4, -0.2) is 36.4 Å². The summed E-state index contributed by atoms with van der Waals surface area (Å²) in [6, 6.07) is 9.39. The minimum atomic E-state index is -0.385. The molecule has 0 unspecified atom stereocenters. The predicted octanol–water partition coefficient (Wildman–Crippen LogP) is 1.55. The van der Waals surface area contributed by atoms with Crippen LogP contribution in [0.5, 0.6) is 0 Å². The molecule has 8 heteroatoms. The number of carbonyl (C=O) groups excluding carboxylic acids is 3. The minimum Gasteiger partial charge on any atom is -0.469 e. The molecular formula is C17H19N3O4S. The molecule has 0 fully saturated rings. The van der Waals surface area contributed by atoms with Gasteiger partial charge in [-0.25, -0.2) is 4.98 Å². The van der Waals surface area contributed by atoms with Crippen molar-refractivity contribution in [2.75, 3.05) is 19.0 Å². The number of thiazole rings is 1. The predicted molar refractivity (Wildman–Crippen MR) is 94.2 cm³/mol. The Bertz CT molecular complexity index is 731. The van der Waals surface area contributed by atoms with Gasteiger partial charge >= 0.3 is 5.97 Å². The average molecular weight is 361 g/mol. The normalized spacial score (nSPS) is 10.1. The van der Waals surface area contributed by atoms with Gasteiger partial charge in [0.25, 0.3) is 0 Å². The number of hydrogen-bond donors (Lipinski definition) is 2. The Hall–Kier alpha value is -2.74. The van der Waals surface area contributed by atoms with E-state index in [1.165, 1.54) is 18.4 Å². The standard InChI is InChI=1S/C17H19N3O4S/c1-24-16(23)10-13-11-25-17(19-13)20-14(21)7-8-18-15(22)9-12-5-3-2-4-6-12/h2-6,11H,7-10H2,1H3,(H,18,22)(H,19,20,21). The van der Waals surface area contributed by atoms with Gasteiger partial charge in [0.2, 0.25) is 11.8 Å². The van der Waals surface area contributed by atoms with Crippen molar-refractivity contribution < 1.29 is 19.1 Å². The Morgan fingerprint density at radius 3 is 2.60 bits per heavy atom. The number of amides is 2. The van der Waals surface area contributed by atoms with Crippen LogP contribution in [-0.2, 0) is 32.0 Å². The molecular weight excluding hydrogens is 342 g/mol. The van der Waals surface area contributed by atoms with E-state index >= 15 is 0 Å². The molecule has 0 radical (unpaired) electrons. The largest absolute Gasteiger partial charge is 0.469 e. The molecule has 0 atom stereocenters. The van der Waals surface area contributed by atoms with Crippen molar-refractivity contribution in [3.63, 3.8) is 0 Å². The first-order valence-electron chi connectivity index (χ1n) is 7.68. The van der Waals surface area contributed by atoms with E-state index in [9.17, 15) is 14.4 Å². The topological polar surface area (TPSA) is 97.4 Å². The number of ether oxygens (including phenoxy) is 1. The summed E-state index contributed by atoms with van der Waals surface area (Å²) >= 11 is 1.23. The van der Waals surface area contributed by atoms with Crippen molar-refractivity contribution in [2.24, 2.45) is 0 Å². The van der Waals surface area contributed by atoms with Gasteiger partial charge in [-0.2, -0.15) is 0 Å². The summed E-state index contributed by atoms with van der Waals surface area (Å²) in [5.41, 5.74) is 1.47. The van der Waals surface area contributed by atoms with Crippen LogP contribution in [0.25, 0.3) is 0 Å². The van der Waals surface area contributed by atoms with Gasteiger partial charge in [-0.3, -0.25) is 14.4 Å². The van der Waals surface area contributed by atoms with Gasteiger partial charge in [-0.15, -0.1) is 11.3 Å². The fourth-order valence-corrected chi connectivity index (χ4v) is 2.73. The van der Waals surface area contributed by atoms with Gasteiger partial charge < -0.3 is 15.4 Å². The fourth-order valence-electron chi connectivity index (χ4n) is 2.01. The lowest BCUT2D eigenvalue weighted by Crippen LogP contribution is -2.28. The molecule has 0 saturated carbocycles. The van der Waals surface area contributed by atoms with Crippen LogP contribution >= 0.6 is 11.3 Å². The lowest BCUT2D eigenvalue weighted by atomic mass is 10.1. The maximum absolute atomic E-state index is 11.9. The highest BCUT2D eigenvalue weighted by atomic mass is 32.1. The summed E-state index contributed by atoms with van der Waals surface area (Å²) < 4.78 is 4.56. The number of carbonyl (C=O) groups is 3. The molecule has 7 nitrogen and oxygen atoms in total. The lowest BCUT2D eigenvalue weighted by Gasteiger charge is -2.05. The zero-order valence-electron chi connectivity index (χ0n) is 13.8. The first-order chi connectivity index (χ1) is 12.1. The van der Waals surface area contributed by atoms with E-state index in [0.717, 1.165) is 5.56 Å². The van der Waals surface area contributed by atoms with Gasteiger partial charge in [0, 0.05) is 18.3 Å². The smallest absolute Gasteiger partial charge is 0.311 e. The van der Waals surface area contributed by atoms with Crippen molar-refractivity contribution in [1.82, 2.24) is 10.3 Å². The van der Waals surface area contributed by atoms with Gasteiger partial charge in [0.15, 0.2) is 5.13 Å². The molecule has 2 rings (SSSR count). The summed E-state index contributed by atoms with van der Waals surface area (Å²) in [6.07, 6.45) is 0.497. The van der Waals surface area contributed by atoms with E-state index < -0.39 is 0 Å². The van der Waals surface area contributed by atoms with Crippen LogP contribution in [0.3, 0.4) is 0 Å². The van der Waals surface area contributed by atoms with Crippen LogP contribution in [0.2, 0.25) is 0 Å². The molecule has 0 aliphatic heterocycles. The molecule has 25 heavy (non-hydrogen) atoms. The maximum atomic E-state index is 11.9. The monoisotopic (exact) mass is 361 g/mol. The fraction of sp³-hybridized carbons (Fsp3) is 0.294. The number of anilines is 1. The Kier molecular flexibility index (Phi) is 7.09. The van der Waals surface area contributed by atoms with E-state index in [-0.39, 0.29) is 43.6 Å². The molecule has 2 N–H and O–H groups in total. The third-order valence-corrected chi connectivity index (χ3v) is 4.04. The summed E-state index contributed by atoms with van der Waals surface area (Å²) in [6.45, 7) is 0.248. The lowest BCUT2D eigenvalue weighted by molar-refractivity contribution is -0.139. The van der Waals surface area contributed by atoms with Crippen molar-refractivity contribution in [3.8, 4) is 0 Å². The number of rotatable bonds is 8. The molecule has 0 saturated heterocycles. The number of benzene rings is 1. The molecule has 1 heterocycles. The number of esters is 1. The van der Waals surface area contributed by atoms with Crippen LogP contribution in [0, 0.1) is 0 Å². The Labute approximate surface area is 149 Å². The molecule has 1 aromatic carbocycles. The third-order valence-electron chi connectivity index (χ3n) is 3.23. The average Bonchev–Trinajstić information content (AvgIpc) is 3.02. The Balaban J connectivity index is 1.68. The van der Waals surface area contributed by atoms with Gasteiger partial charge in [-0.1, -0.05) is 30.3 Å². The van der Waals surface area contributed by atoms with Crippen molar-refractivity contribution in [2.45, 2.75) is 19.3 Å². The van der Waals surface area contributed by atoms with E-state index in [1.54, 1.807) is 5.38 Å². The molecule has 132 valence electrons. The summed E-state index contributed by atoms with van der Waals surface area (Å²) in [5.74, 6) is -0.767. The summed E-state index contributed by atoms with van der Waals surface area (Å²) in [4.78, 5) is 38.9.